The molecular weight excluding hydrogens is 202 g/mol. The molecular formula is C12H11N3O. The Kier molecular flexibility index (Phi) is 2.82. The summed E-state index contributed by atoms with van der Waals surface area (Å²) in [5.41, 5.74) is 6.55. The SMILES string of the molecule is NC(=O)c1ccccncc2ccccn12. The van der Waals surface area contributed by atoms with Crippen molar-refractivity contribution in [2.75, 3.05) is 0 Å². The second-order valence-electron chi connectivity index (χ2n) is 3.22. The van der Waals surface area contributed by atoms with E-state index in [2.05, 4.69) is 4.98 Å². The van der Waals surface area contributed by atoms with Crippen LogP contribution in [0.15, 0.2) is 55.0 Å². The molecule has 4 heteroatoms. The molecule has 0 bridgehead atoms. The van der Waals surface area contributed by atoms with E-state index in [-0.39, 0.29) is 0 Å². The number of amides is 1. The number of carbonyl (C=O) groups is 1. The molecule has 4 nitrogen and oxygen atoms in total. The van der Waals surface area contributed by atoms with Crippen molar-refractivity contribution in [2.24, 2.45) is 5.73 Å². The number of aromatic nitrogens is 2. The molecule has 2 aromatic rings. The van der Waals surface area contributed by atoms with Gasteiger partial charge in [-0.2, -0.15) is 0 Å². The lowest BCUT2D eigenvalue weighted by molar-refractivity contribution is 0.0994. The summed E-state index contributed by atoms with van der Waals surface area (Å²) in [6, 6.07) is 10.7. The van der Waals surface area contributed by atoms with Gasteiger partial charge < -0.3 is 10.1 Å². The lowest BCUT2D eigenvalue weighted by Crippen LogP contribution is -2.14. The molecule has 0 aliphatic heterocycles. The Balaban J connectivity index is 2.93. The van der Waals surface area contributed by atoms with Gasteiger partial charge in [0.05, 0.1) is 11.7 Å². The average molecular weight is 213 g/mol. The Morgan fingerprint density at radius 3 is 2.81 bits per heavy atom. The third-order valence-corrected chi connectivity index (χ3v) is 2.15. The highest BCUT2D eigenvalue weighted by atomic mass is 16.1. The van der Waals surface area contributed by atoms with Gasteiger partial charge in [-0.25, -0.2) is 0 Å². The first-order chi connectivity index (χ1) is 7.79. The molecule has 0 atom stereocenters. The van der Waals surface area contributed by atoms with E-state index in [0.29, 0.717) is 5.69 Å². The number of nitrogens with zero attached hydrogens (tertiary/aromatic N) is 2. The molecule has 80 valence electrons. The molecule has 0 saturated carbocycles. The number of hydrogen-bond donors (Lipinski definition) is 1. The largest absolute Gasteiger partial charge is 0.364 e. The number of carbonyl (C=O) groups excluding carboxylic acids is 1. The van der Waals surface area contributed by atoms with Crippen LogP contribution >= 0.6 is 0 Å². The molecule has 0 aliphatic carbocycles. The van der Waals surface area contributed by atoms with Gasteiger partial charge in [0.15, 0.2) is 0 Å². The topological polar surface area (TPSA) is 60.4 Å². The monoisotopic (exact) mass is 213 g/mol. The Labute approximate surface area is 92.7 Å². The standard InChI is InChI=1S/C12H11N3O/c13-12(16)11-6-1-3-7-14-9-10-5-2-4-8-15(10)11/h1-9H,(H2,13,16). The van der Waals surface area contributed by atoms with E-state index < -0.39 is 5.91 Å². The summed E-state index contributed by atoms with van der Waals surface area (Å²) in [6.07, 6.45) is 5.10. The Bertz CT molecular complexity index is 573. The Morgan fingerprint density at radius 2 is 2.00 bits per heavy atom. The van der Waals surface area contributed by atoms with E-state index in [4.69, 9.17) is 5.73 Å². The first-order valence-corrected chi connectivity index (χ1v) is 4.83. The smallest absolute Gasteiger partial charge is 0.265 e. The van der Waals surface area contributed by atoms with E-state index in [1.165, 1.54) is 0 Å². The van der Waals surface area contributed by atoms with E-state index in [0.717, 1.165) is 5.52 Å². The van der Waals surface area contributed by atoms with Gasteiger partial charge in [0.25, 0.3) is 5.91 Å². The van der Waals surface area contributed by atoms with E-state index in [9.17, 15) is 4.79 Å². The molecule has 2 N–H and O–H groups in total. The van der Waals surface area contributed by atoms with Crippen molar-refractivity contribution in [1.82, 2.24) is 9.38 Å². The molecule has 2 heterocycles. The van der Waals surface area contributed by atoms with Crippen LogP contribution in [0.4, 0.5) is 0 Å². The first-order valence-electron chi connectivity index (χ1n) is 4.83. The van der Waals surface area contributed by atoms with Crippen LogP contribution in [-0.4, -0.2) is 15.3 Å². The minimum Gasteiger partial charge on any atom is -0.364 e. The maximum Gasteiger partial charge on any atom is 0.265 e. The van der Waals surface area contributed by atoms with Gasteiger partial charge in [0, 0.05) is 12.4 Å². The van der Waals surface area contributed by atoms with Crippen LogP contribution in [0.2, 0.25) is 0 Å². The highest BCUT2D eigenvalue weighted by Gasteiger charge is 2.00. The second kappa shape index (κ2) is 4.44. The number of nitrogens with two attached hydrogens (primary N) is 1. The number of hydrogen-bond acceptors (Lipinski definition) is 2. The molecule has 0 spiro atoms. The molecule has 0 aliphatic rings. The normalized spacial score (nSPS) is 9.75. The van der Waals surface area contributed by atoms with Gasteiger partial charge in [0.1, 0.15) is 5.69 Å². The Hall–Kier alpha value is -2.36. The number of fused-ring (bicyclic) bond motifs is 1. The zero-order valence-corrected chi connectivity index (χ0v) is 8.58. The molecule has 0 saturated heterocycles. The van der Waals surface area contributed by atoms with Crippen molar-refractivity contribution in [3.63, 3.8) is 0 Å². The highest BCUT2D eigenvalue weighted by molar-refractivity contribution is 5.91. The van der Waals surface area contributed by atoms with Gasteiger partial charge in [0.2, 0.25) is 0 Å². The van der Waals surface area contributed by atoms with Crippen LogP contribution in [0, 0.1) is 0 Å². The molecule has 2 aromatic heterocycles. The third kappa shape index (κ3) is 2.00. The van der Waals surface area contributed by atoms with Gasteiger partial charge >= 0.3 is 0 Å². The molecule has 0 aromatic carbocycles. The maximum atomic E-state index is 11.3. The maximum absolute atomic E-state index is 11.3. The van der Waals surface area contributed by atoms with Crippen LogP contribution in [-0.2, 0) is 0 Å². The predicted molar refractivity (Wildman–Crippen MR) is 61.3 cm³/mol. The fourth-order valence-corrected chi connectivity index (χ4v) is 1.43. The molecule has 0 radical (unpaired) electrons. The average Bonchev–Trinajstić information content (AvgIpc) is 2.38. The van der Waals surface area contributed by atoms with Crippen molar-refractivity contribution in [3.8, 4) is 0 Å². The summed E-state index contributed by atoms with van der Waals surface area (Å²) in [6.45, 7) is 0. The predicted octanol–water partition coefficient (Wildman–Crippen LogP) is 1.56. The molecule has 0 unspecified atom stereocenters. The van der Waals surface area contributed by atoms with Crippen molar-refractivity contribution in [3.05, 3.63) is 60.7 Å². The highest BCUT2D eigenvalue weighted by Crippen LogP contribution is 2.02. The minimum atomic E-state index is -0.475. The summed E-state index contributed by atoms with van der Waals surface area (Å²) < 4.78 is 1.70. The van der Waals surface area contributed by atoms with Crippen molar-refractivity contribution in [1.29, 1.82) is 0 Å². The lowest BCUT2D eigenvalue weighted by atomic mass is 10.3. The summed E-state index contributed by atoms with van der Waals surface area (Å²) >= 11 is 0. The summed E-state index contributed by atoms with van der Waals surface area (Å²) in [5.74, 6) is -0.475. The van der Waals surface area contributed by atoms with Crippen LogP contribution in [0.25, 0.3) is 5.52 Å². The summed E-state index contributed by atoms with van der Waals surface area (Å²) in [7, 11) is 0. The van der Waals surface area contributed by atoms with Gasteiger partial charge in [-0.1, -0.05) is 12.1 Å². The molecule has 2 rings (SSSR count). The quantitative estimate of drug-likeness (QED) is 0.781. The Morgan fingerprint density at radius 1 is 1.19 bits per heavy atom. The number of pyridine rings is 1. The zero-order chi connectivity index (χ0) is 11.4. The van der Waals surface area contributed by atoms with Gasteiger partial charge in [-0.15, -0.1) is 0 Å². The number of primary amides is 1. The third-order valence-electron chi connectivity index (χ3n) is 2.15. The van der Waals surface area contributed by atoms with E-state index in [1.807, 2.05) is 18.2 Å². The molecule has 1 amide bonds. The van der Waals surface area contributed by atoms with Crippen LogP contribution in [0.1, 0.15) is 10.5 Å². The zero-order valence-electron chi connectivity index (χ0n) is 8.58. The fraction of sp³-hybridized carbons (Fsp3) is 0. The van der Waals surface area contributed by atoms with Crippen molar-refractivity contribution >= 4 is 11.4 Å². The van der Waals surface area contributed by atoms with Crippen molar-refractivity contribution < 1.29 is 4.79 Å². The fourth-order valence-electron chi connectivity index (χ4n) is 1.43. The summed E-state index contributed by atoms with van der Waals surface area (Å²) in [5, 5.41) is 0. The van der Waals surface area contributed by atoms with Crippen LogP contribution in [0.5, 0.6) is 0 Å². The van der Waals surface area contributed by atoms with Gasteiger partial charge in [-0.05, 0) is 24.3 Å². The van der Waals surface area contributed by atoms with Gasteiger partial charge in [-0.3, -0.25) is 9.78 Å². The number of rotatable bonds is 1. The van der Waals surface area contributed by atoms with Crippen LogP contribution in [0.3, 0.4) is 0 Å². The lowest BCUT2D eigenvalue weighted by Gasteiger charge is -2.01. The first kappa shape index (κ1) is 10.2. The minimum absolute atomic E-state index is 0.411. The van der Waals surface area contributed by atoms with Crippen LogP contribution < -0.4 is 5.73 Å². The molecule has 16 heavy (non-hydrogen) atoms. The second-order valence-corrected chi connectivity index (χ2v) is 3.22. The summed E-state index contributed by atoms with van der Waals surface area (Å²) in [4.78, 5) is 15.4. The molecule has 0 fully saturated rings. The van der Waals surface area contributed by atoms with E-state index in [1.54, 1.807) is 41.2 Å². The van der Waals surface area contributed by atoms with E-state index >= 15 is 0 Å². The van der Waals surface area contributed by atoms with Crippen molar-refractivity contribution in [2.45, 2.75) is 0 Å².